The minimum Gasteiger partial charge on any atom is -0.478 e. The zero-order valence-corrected chi connectivity index (χ0v) is 12.9. The predicted molar refractivity (Wildman–Crippen MR) is 80.1 cm³/mol. The molecule has 0 amide bonds. The third-order valence-corrected chi connectivity index (χ3v) is 2.97. The van der Waals surface area contributed by atoms with Crippen LogP contribution >= 0.6 is 0 Å². The molecule has 1 aromatic carbocycles. The Bertz CT molecular complexity index is 497. The highest BCUT2D eigenvalue weighted by Gasteiger charge is 2.23. The summed E-state index contributed by atoms with van der Waals surface area (Å²) in [4.78, 5) is 22.9. The van der Waals surface area contributed by atoms with Gasteiger partial charge in [0.15, 0.2) is 0 Å². The van der Waals surface area contributed by atoms with Crippen LogP contribution in [0, 0.1) is 5.92 Å². The van der Waals surface area contributed by atoms with Gasteiger partial charge in [-0.1, -0.05) is 26.0 Å². The first kappa shape index (κ1) is 17.2. The largest absolute Gasteiger partial charge is 0.478 e. The van der Waals surface area contributed by atoms with Gasteiger partial charge in [-0.2, -0.15) is 0 Å². The molecule has 0 unspecified atom stereocenters. The number of rotatable bonds is 7. The average Bonchev–Trinajstić information content (AvgIpc) is 2.37. The summed E-state index contributed by atoms with van der Waals surface area (Å²) in [5.74, 6) is -1.16. The van der Waals surface area contributed by atoms with E-state index >= 15 is 0 Å². The highest BCUT2D eigenvalue weighted by molar-refractivity contribution is 5.87. The minimum absolute atomic E-state index is 0.0823. The van der Waals surface area contributed by atoms with Gasteiger partial charge in [-0.3, -0.25) is 4.79 Å². The van der Waals surface area contributed by atoms with Crippen molar-refractivity contribution in [3.8, 4) is 0 Å². The highest BCUT2D eigenvalue weighted by atomic mass is 16.5. The van der Waals surface area contributed by atoms with Gasteiger partial charge < -0.3 is 15.2 Å². The molecule has 0 aromatic heterocycles. The third-order valence-electron chi connectivity index (χ3n) is 2.97. The Morgan fingerprint density at radius 3 is 2.43 bits per heavy atom. The second-order valence-corrected chi connectivity index (χ2v) is 5.59. The van der Waals surface area contributed by atoms with Crippen LogP contribution in [0.25, 0.3) is 0 Å². The van der Waals surface area contributed by atoms with E-state index < -0.39 is 12.0 Å². The number of nitrogens with one attached hydrogen (secondary N) is 1. The summed E-state index contributed by atoms with van der Waals surface area (Å²) in [5, 5.41) is 12.1. The SMILES string of the molecule is CC(C)OC(=O)[C@@H](NCc1cccc(C(=O)O)c1)C(C)C. The lowest BCUT2D eigenvalue weighted by Crippen LogP contribution is -2.42. The maximum Gasteiger partial charge on any atom is 0.335 e. The molecule has 1 atom stereocenters. The molecular weight excluding hydrogens is 270 g/mol. The lowest BCUT2D eigenvalue weighted by atomic mass is 10.0. The van der Waals surface area contributed by atoms with E-state index in [1.807, 2.05) is 33.8 Å². The molecule has 1 aromatic rings. The molecule has 0 spiro atoms. The van der Waals surface area contributed by atoms with E-state index in [9.17, 15) is 9.59 Å². The van der Waals surface area contributed by atoms with Gasteiger partial charge in [0, 0.05) is 6.54 Å². The maximum atomic E-state index is 12.0. The Balaban J connectivity index is 2.71. The summed E-state index contributed by atoms with van der Waals surface area (Å²) in [6, 6.07) is 6.24. The summed E-state index contributed by atoms with van der Waals surface area (Å²) < 4.78 is 5.23. The smallest absolute Gasteiger partial charge is 0.335 e. The summed E-state index contributed by atoms with van der Waals surface area (Å²) in [5.41, 5.74) is 1.05. The van der Waals surface area contributed by atoms with Crippen molar-refractivity contribution < 1.29 is 19.4 Å². The average molecular weight is 293 g/mol. The standard InChI is InChI=1S/C16H23NO4/c1-10(2)14(16(20)21-11(3)4)17-9-12-6-5-7-13(8-12)15(18)19/h5-8,10-11,14,17H,9H2,1-4H3,(H,18,19)/t14-/m0/s1. The molecule has 0 radical (unpaired) electrons. The Morgan fingerprint density at radius 2 is 1.90 bits per heavy atom. The van der Waals surface area contributed by atoms with Crippen molar-refractivity contribution in [3.63, 3.8) is 0 Å². The molecule has 0 heterocycles. The van der Waals surface area contributed by atoms with Gasteiger partial charge in [-0.25, -0.2) is 4.79 Å². The van der Waals surface area contributed by atoms with Gasteiger partial charge in [0.05, 0.1) is 11.7 Å². The van der Waals surface area contributed by atoms with E-state index in [0.717, 1.165) is 5.56 Å². The van der Waals surface area contributed by atoms with E-state index in [0.29, 0.717) is 6.54 Å². The fraction of sp³-hybridized carbons (Fsp3) is 0.500. The normalized spacial score (nSPS) is 12.5. The number of carboxylic acids is 1. The molecule has 1 rings (SSSR count). The molecule has 21 heavy (non-hydrogen) atoms. The van der Waals surface area contributed by atoms with Gasteiger partial charge in [-0.05, 0) is 37.5 Å². The molecule has 5 nitrogen and oxygen atoms in total. The fourth-order valence-electron chi connectivity index (χ4n) is 1.94. The van der Waals surface area contributed by atoms with Crippen molar-refractivity contribution in [3.05, 3.63) is 35.4 Å². The molecule has 0 aliphatic heterocycles. The summed E-state index contributed by atoms with van der Waals surface area (Å²) in [6.45, 7) is 7.91. The van der Waals surface area contributed by atoms with Crippen molar-refractivity contribution in [1.29, 1.82) is 0 Å². The number of esters is 1. The number of hydrogen-bond donors (Lipinski definition) is 2. The van der Waals surface area contributed by atoms with Crippen LogP contribution in [-0.2, 0) is 16.1 Å². The van der Waals surface area contributed by atoms with Crippen molar-refractivity contribution in [2.45, 2.75) is 46.4 Å². The Hall–Kier alpha value is -1.88. The first-order valence-corrected chi connectivity index (χ1v) is 7.07. The molecule has 0 aliphatic carbocycles. The quantitative estimate of drug-likeness (QED) is 0.755. The lowest BCUT2D eigenvalue weighted by molar-refractivity contribution is -0.151. The summed E-state index contributed by atoms with van der Waals surface area (Å²) in [6.07, 6.45) is -0.157. The van der Waals surface area contributed by atoms with Gasteiger partial charge >= 0.3 is 11.9 Å². The maximum absolute atomic E-state index is 12.0. The van der Waals surface area contributed by atoms with Crippen LogP contribution in [0.5, 0.6) is 0 Å². The van der Waals surface area contributed by atoms with Crippen molar-refractivity contribution in [2.24, 2.45) is 5.92 Å². The molecular formula is C16H23NO4. The highest BCUT2D eigenvalue weighted by Crippen LogP contribution is 2.09. The van der Waals surface area contributed by atoms with E-state index in [1.165, 1.54) is 0 Å². The summed E-state index contributed by atoms with van der Waals surface area (Å²) >= 11 is 0. The first-order valence-electron chi connectivity index (χ1n) is 7.07. The Morgan fingerprint density at radius 1 is 1.24 bits per heavy atom. The van der Waals surface area contributed by atoms with Crippen LogP contribution in [0.15, 0.2) is 24.3 Å². The number of carbonyl (C=O) groups is 2. The minimum atomic E-state index is -0.962. The second kappa shape index (κ2) is 7.78. The van der Waals surface area contributed by atoms with Crippen LogP contribution in [-0.4, -0.2) is 29.2 Å². The van der Waals surface area contributed by atoms with Crippen LogP contribution in [0.4, 0.5) is 0 Å². The zero-order valence-electron chi connectivity index (χ0n) is 12.9. The predicted octanol–water partition coefficient (Wildman–Crippen LogP) is 2.45. The molecule has 0 saturated carbocycles. The van der Waals surface area contributed by atoms with Gasteiger partial charge in [-0.15, -0.1) is 0 Å². The van der Waals surface area contributed by atoms with E-state index in [1.54, 1.807) is 18.2 Å². The fourth-order valence-corrected chi connectivity index (χ4v) is 1.94. The van der Waals surface area contributed by atoms with Gasteiger partial charge in [0.2, 0.25) is 0 Å². The number of ether oxygens (including phenoxy) is 1. The molecule has 0 aliphatic rings. The van der Waals surface area contributed by atoms with Crippen molar-refractivity contribution in [2.75, 3.05) is 0 Å². The van der Waals surface area contributed by atoms with Gasteiger partial charge in [0.1, 0.15) is 6.04 Å². The molecule has 116 valence electrons. The van der Waals surface area contributed by atoms with Crippen LogP contribution < -0.4 is 5.32 Å². The molecule has 0 fully saturated rings. The number of carboxylic acid groups (broad SMARTS) is 1. The summed E-state index contributed by atoms with van der Waals surface area (Å²) in [7, 11) is 0. The zero-order chi connectivity index (χ0) is 16.0. The topological polar surface area (TPSA) is 75.6 Å². The van der Waals surface area contributed by atoms with Crippen LogP contribution in [0.2, 0.25) is 0 Å². The molecule has 5 heteroatoms. The van der Waals surface area contributed by atoms with E-state index in [4.69, 9.17) is 9.84 Å². The molecule has 0 bridgehead atoms. The van der Waals surface area contributed by atoms with Crippen molar-refractivity contribution in [1.82, 2.24) is 5.32 Å². The second-order valence-electron chi connectivity index (χ2n) is 5.59. The first-order chi connectivity index (χ1) is 9.81. The van der Waals surface area contributed by atoms with E-state index in [2.05, 4.69) is 5.32 Å². The Kier molecular flexibility index (Phi) is 6.37. The number of aromatic carboxylic acids is 1. The van der Waals surface area contributed by atoms with Crippen molar-refractivity contribution >= 4 is 11.9 Å². The van der Waals surface area contributed by atoms with Crippen LogP contribution in [0.1, 0.15) is 43.6 Å². The van der Waals surface area contributed by atoms with Crippen LogP contribution in [0.3, 0.4) is 0 Å². The third kappa shape index (κ3) is 5.55. The number of hydrogen-bond acceptors (Lipinski definition) is 4. The lowest BCUT2D eigenvalue weighted by Gasteiger charge is -2.22. The number of carbonyl (C=O) groups excluding carboxylic acids is 1. The Labute approximate surface area is 125 Å². The number of benzene rings is 1. The molecule has 0 saturated heterocycles. The van der Waals surface area contributed by atoms with Gasteiger partial charge in [0.25, 0.3) is 0 Å². The van der Waals surface area contributed by atoms with E-state index in [-0.39, 0.29) is 23.6 Å². The molecule has 2 N–H and O–H groups in total. The monoisotopic (exact) mass is 293 g/mol.